The summed E-state index contributed by atoms with van der Waals surface area (Å²) in [6.45, 7) is 0.133. The molecule has 0 saturated carbocycles. The number of para-hydroxylation sites is 1. The Balaban J connectivity index is 2.52. The number of nitrogens with zero attached hydrogens (tertiary/aromatic N) is 1. The molecule has 16 heavy (non-hydrogen) atoms. The molecule has 1 heterocycles. The van der Waals surface area contributed by atoms with E-state index in [2.05, 4.69) is 4.98 Å². The third-order valence-electron chi connectivity index (χ3n) is 2.31. The topological polar surface area (TPSA) is 75.1 Å². The number of imidazole rings is 1. The van der Waals surface area contributed by atoms with E-state index in [-0.39, 0.29) is 18.7 Å². The molecule has 1 aromatic heterocycles. The van der Waals surface area contributed by atoms with Crippen molar-refractivity contribution in [2.24, 2.45) is 0 Å². The van der Waals surface area contributed by atoms with E-state index in [1.807, 2.05) is 0 Å². The monoisotopic (exact) mass is 240 g/mol. The van der Waals surface area contributed by atoms with Crippen LogP contribution in [0.3, 0.4) is 0 Å². The minimum absolute atomic E-state index is 0.0978. The molecule has 2 rings (SSSR count). The molecule has 0 aliphatic heterocycles. The number of nitrogens with one attached hydrogen (secondary N) is 1. The zero-order chi connectivity index (χ0) is 11.7. The summed E-state index contributed by atoms with van der Waals surface area (Å²) in [5, 5.41) is 9.03. The van der Waals surface area contributed by atoms with Gasteiger partial charge in [0.1, 0.15) is 0 Å². The van der Waals surface area contributed by atoms with Crippen molar-refractivity contribution in [1.29, 1.82) is 0 Å². The van der Waals surface area contributed by atoms with E-state index in [1.165, 1.54) is 4.57 Å². The molecule has 0 amide bonds. The Bertz CT molecular complexity index is 600. The first kappa shape index (κ1) is 10.8. The molecule has 0 radical (unpaired) electrons. The van der Waals surface area contributed by atoms with Gasteiger partial charge in [-0.2, -0.15) is 0 Å². The normalized spacial score (nSPS) is 10.8. The summed E-state index contributed by atoms with van der Waals surface area (Å²) in [7, 11) is 0. The summed E-state index contributed by atoms with van der Waals surface area (Å²) in [5.41, 5.74) is 0.822. The summed E-state index contributed by atoms with van der Waals surface area (Å²) in [6, 6.07) is 5.11. The number of benzene rings is 1. The Morgan fingerprint density at radius 2 is 2.25 bits per heavy atom. The third-order valence-corrected chi connectivity index (χ3v) is 2.62. The number of aromatic nitrogens is 2. The fraction of sp³-hybridized carbons (Fsp3) is 0.200. The summed E-state index contributed by atoms with van der Waals surface area (Å²) in [6.07, 6.45) is -0.0978. The van der Waals surface area contributed by atoms with Gasteiger partial charge in [-0.05, 0) is 12.1 Å². The molecule has 2 aromatic rings. The number of H-pyrrole nitrogens is 1. The maximum Gasteiger partial charge on any atom is 0.326 e. The molecule has 0 bridgehead atoms. The highest BCUT2D eigenvalue weighted by Gasteiger charge is 2.09. The molecule has 0 spiro atoms. The van der Waals surface area contributed by atoms with E-state index in [4.69, 9.17) is 16.7 Å². The SMILES string of the molecule is O=C(O)CCn1c(=O)[nH]c2c(Cl)cccc21. The Labute approximate surface area is 95.3 Å². The molecular formula is C10H9ClN2O3. The molecular weight excluding hydrogens is 232 g/mol. The number of hydrogen-bond donors (Lipinski definition) is 2. The maximum atomic E-state index is 11.6. The molecule has 6 heteroatoms. The van der Waals surface area contributed by atoms with E-state index < -0.39 is 5.97 Å². The van der Waals surface area contributed by atoms with Crippen LogP contribution in [0.4, 0.5) is 0 Å². The molecule has 5 nitrogen and oxygen atoms in total. The number of rotatable bonds is 3. The van der Waals surface area contributed by atoms with Gasteiger partial charge in [-0.3, -0.25) is 9.36 Å². The predicted octanol–water partition coefficient (Wildman–Crippen LogP) is 1.46. The van der Waals surface area contributed by atoms with Crippen molar-refractivity contribution in [2.45, 2.75) is 13.0 Å². The van der Waals surface area contributed by atoms with E-state index in [0.29, 0.717) is 16.1 Å². The smallest absolute Gasteiger partial charge is 0.326 e. The lowest BCUT2D eigenvalue weighted by Gasteiger charge is -2.00. The maximum absolute atomic E-state index is 11.6. The highest BCUT2D eigenvalue weighted by atomic mass is 35.5. The Hall–Kier alpha value is -1.75. The minimum Gasteiger partial charge on any atom is -0.481 e. The Morgan fingerprint density at radius 3 is 2.94 bits per heavy atom. The number of aliphatic carboxylic acids is 1. The molecule has 0 atom stereocenters. The lowest BCUT2D eigenvalue weighted by atomic mass is 10.3. The molecule has 0 fully saturated rings. The lowest BCUT2D eigenvalue weighted by Crippen LogP contribution is -2.18. The van der Waals surface area contributed by atoms with Crippen LogP contribution in [-0.2, 0) is 11.3 Å². The van der Waals surface area contributed by atoms with Gasteiger partial charge in [0.25, 0.3) is 0 Å². The number of carboxylic acids is 1. The van der Waals surface area contributed by atoms with Crippen molar-refractivity contribution in [3.8, 4) is 0 Å². The van der Waals surface area contributed by atoms with E-state index in [9.17, 15) is 9.59 Å². The second-order valence-electron chi connectivity index (χ2n) is 3.36. The second-order valence-corrected chi connectivity index (χ2v) is 3.77. The molecule has 0 aliphatic carbocycles. The molecule has 1 aromatic carbocycles. The van der Waals surface area contributed by atoms with Gasteiger partial charge in [0.2, 0.25) is 0 Å². The van der Waals surface area contributed by atoms with Gasteiger partial charge < -0.3 is 10.1 Å². The van der Waals surface area contributed by atoms with Crippen LogP contribution in [0.15, 0.2) is 23.0 Å². The number of aromatic amines is 1. The van der Waals surface area contributed by atoms with Crippen LogP contribution in [0.2, 0.25) is 5.02 Å². The molecule has 0 aliphatic rings. The first-order valence-corrected chi connectivity index (χ1v) is 5.06. The second kappa shape index (κ2) is 4.02. The molecule has 0 unspecified atom stereocenters. The summed E-state index contributed by atoms with van der Waals surface area (Å²) in [5.74, 6) is -0.941. The minimum atomic E-state index is -0.941. The first-order chi connectivity index (χ1) is 7.59. The van der Waals surface area contributed by atoms with Crippen LogP contribution in [0.1, 0.15) is 6.42 Å². The van der Waals surface area contributed by atoms with Crippen LogP contribution in [0, 0.1) is 0 Å². The number of carbonyl (C=O) groups is 1. The van der Waals surface area contributed by atoms with Gasteiger partial charge in [-0.25, -0.2) is 4.79 Å². The Kier molecular flexibility index (Phi) is 2.70. The van der Waals surface area contributed by atoms with Gasteiger partial charge in [0, 0.05) is 6.54 Å². The zero-order valence-corrected chi connectivity index (χ0v) is 8.99. The zero-order valence-electron chi connectivity index (χ0n) is 8.24. The quantitative estimate of drug-likeness (QED) is 0.853. The first-order valence-electron chi connectivity index (χ1n) is 4.68. The number of fused-ring (bicyclic) bond motifs is 1. The largest absolute Gasteiger partial charge is 0.481 e. The fourth-order valence-electron chi connectivity index (χ4n) is 1.57. The highest BCUT2D eigenvalue weighted by Crippen LogP contribution is 2.19. The van der Waals surface area contributed by atoms with Crippen molar-refractivity contribution >= 4 is 28.6 Å². The number of hydrogen-bond acceptors (Lipinski definition) is 2. The lowest BCUT2D eigenvalue weighted by molar-refractivity contribution is -0.137. The van der Waals surface area contributed by atoms with Crippen LogP contribution in [0.25, 0.3) is 11.0 Å². The van der Waals surface area contributed by atoms with Gasteiger partial charge in [0.15, 0.2) is 0 Å². The molecule has 2 N–H and O–H groups in total. The van der Waals surface area contributed by atoms with Gasteiger partial charge in [-0.1, -0.05) is 17.7 Å². The summed E-state index contributed by atoms with van der Waals surface area (Å²) in [4.78, 5) is 24.6. The van der Waals surface area contributed by atoms with Crippen molar-refractivity contribution < 1.29 is 9.90 Å². The summed E-state index contributed by atoms with van der Waals surface area (Å²) >= 11 is 5.91. The van der Waals surface area contributed by atoms with Crippen molar-refractivity contribution in [1.82, 2.24) is 9.55 Å². The molecule has 0 saturated heterocycles. The predicted molar refractivity (Wildman–Crippen MR) is 59.8 cm³/mol. The Morgan fingerprint density at radius 1 is 1.50 bits per heavy atom. The van der Waals surface area contributed by atoms with Gasteiger partial charge in [-0.15, -0.1) is 0 Å². The number of aryl methyl sites for hydroxylation is 1. The summed E-state index contributed by atoms with van der Waals surface area (Å²) < 4.78 is 1.37. The third kappa shape index (κ3) is 1.81. The van der Waals surface area contributed by atoms with Crippen molar-refractivity contribution in [3.63, 3.8) is 0 Å². The van der Waals surface area contributed by atoms with Gasteiger partial charge in [0.05, 0.1) is 22.5 Å². The average molecular weight is 241 g/mol. The van der Waals surface area contributed by atoms with Crippen molar-refractivity contribution in [3.05, 3.63) is 33.7 Å². The van der Waals surface area contributed by atoms with Crippen molar-refractivity contribution in [2.75, 3.05) is 0 Å². The van der Waals surface area contributed by atoms with Crippen LogP contribution < -0.4 is 5.69 Å². The number of carboxylic acid groups (broad SMARTS) is 1. The molecule has 84 valence electrons. The van der Waals surface area contributed by atoms with E-state index >= 15 is 0 Å². The van der Waals surface area contributed by atoms with Crippen LogP contribution in [0.5, 0.6) is 0 Å². The van der Waals surface area contributed by atoms with E-state index in [1.54, 1.807) is 18.2 Å². The van der Waals surface area contributed by atoms with Crippen LogP contribution >= 0.6 is 11.6 Å². The average Bonchev–Trinajstić information content (AvgIpc) is 2.53. The standard InChI is InChI=1S/C10H9ClN2O3/c11-6-2-1-3-7-9(6)12-10(16)13(7)5-4-8(14)15/h1-3H,4-5H2,(H,12,16)(H,14,15). The fourth-order valence-corrected chi connectivity index (χ4v) is 1.79. The van der Waals surface area contributed by atoms with E-state index in [0.717, 1.165) is 0 Å². The highest BCUT2D eigenvalue weighted by molar-refractivity contribution is 6.34. The van der Waals surface area contributed by atoms with Gasteiger partial charge >= 0.3 is 11.7 Å². The van der Waals surface area contributed by atoms with Crippen LogP contribution in [-0.4, -0.2) is 20.6 Å². The number of halogens is 1.